The van der Waals surface area contributed by atoms with Crippen LogP contribution in [0.4, 0.5) is 0 Å². The molecular formula is C26H37BrO4. The van der Waals surface area contributed by atoms with E-state index in [4.69, 9.17) is 9.84 Å². The highest BCUT2D eigenvalue weighted by atomic mass is 79.9. The smallest absolute Gasteiger partial charge is 0.159 e. The van der Waals surface area contributed by atoms with E-state index < -0.39 is 0 Å². The van der Waals surface area contributed by atoms with Gasteiger partial charge in [-0.05, 0) is 87.1 Å². The molecule has 0 fully saturated rings. The van der Waals surface area contributed by atoms with Gasteiger partial charge in [-0.15, -0.1) is 0 Å². The van der Waals surface area contributed by atoms with Gasteiger partial charge in [0.15, 0.2) is 11.6 Å². The molecule has 2 rings (SSSR count). The van der Waals surface area contributed by atoms with E-state index in [0.717, 1.165) is 35.6 Å². The quantitative estimate of drug-likeness (QED) is 0.309. The van der Waals surface area contributed by atoms with E-state index in [1.165, 1.54) is 25.5 Å². The van der Waals surface area contributed by atoms with Crippen molar-refractivity contribution in [3.05, 3.63) is 59.7 Å². The summed E-state index contributed by atoms with van der Waals surface area (Å²) >= 11 is 3.35. The van der Waals surface area contributed by atoms with Crippen LogP contribution in [-0.2, 0) is 0 Å². The van der Waals surface area contributed by atoms with Gasteiger partial charge in [-0.2, -0.15) is 0 Å². The van der Waals surface area contributed by atoms with Gasteiger partial charge in [0.05, 0.1) is 6.61 Å². The van der Waals surface area contributed by atoms with Gasteiger partial charge in [0, 0.05) is 16.5 Å². The predicted octanol–water partition coefficient (Wildman–Crippen LogP) is 7.34. The van der Waals surface area contributed by atoms with Crippen LogP contribution in [0.1, 0.15) is 75.1 Å². The Morgan fingerprint density at radius 2 is 1.23 bits per heavy atom. The Kier molecular flexibility index (Phi) is 15.4. The number of halogens is 1. The van der Waals surface area contributed by atoms with Crippen LogP contribution < -0.4 is 4.74 Å². The fourth-order valence-electron chi connectivity index (χ4n) is 2.11. The third-order valence-corrected chi connectivity index (χ3v) is 4.64. The lowest BCUT2D eigenvalue weighted by atomic mass is 10.1. The lowest BCUT2D eigenvalue weighted by Gasteiger charge is -2.08. The van der Waals surface area contributed by atoms with Gasteiger partial charge in [0.2, 0.25) is 0 Å². The van der Waals surface area contributed by atoms with E-state index in [1.807, 2.05) is 12.1 Å². The molecule has 0 radical (unpaired) electrons. The largest absolute Gasteiger partial charge is 0.508 e. The summed E-state index contributed by atoms with van der Waals surface area (Å²) in [5.74, 6) is 2.63. The topological polar surface area (TPSA) is 63.6 Å². The first-order valence-corrected chi connectivity index (χ1v) is 11.8. The molecule has 31 heavy (non-hydrogen) atoms. The number of hydrogen-bond acceptors (Lipinski definition) is 4. The van der Waals surface area contributed by atoms with Crippen LogP contribution in [0.2, 0.25) is 0 Å². The first kappa shape index (κ1) is 28.9. The zero-order valence-electron chi connectivity index (χ0n) is 19.7. The van der Waals surface area contributed by atoms with E-state index in [2.05, 4.69) is 43.6 Å². The van der Waals surface area contributed by atoms with Crippen molar-refractivity contribution in [3.8, 4) is 11.5 Å². The minimum atomic E-state index is 0.0139. The fourth-order valence-corrected chi connectivity index (χ4v) is 3.03. The van der Waals surface area contributed by atoms with Crippen molar-refractivity contribution in [1.29, 1.82) is 0 Å². The lowest BCUT2D eigenvalue weighted by molar-refractivity contribution is 0.100. The van der Waals surface area contributed by atoms with Crippen molar-refractivity contribution in [3.63, 3.8) is 0 Å². The summed E-state index contributed by atoms with van der Waals surface area (Å²) in [7, 11) is 0. The average molecular weight is 493 g/mol. The molecule has 0 aliphatic heterocycles. The van der Waals surface area contributed by atoms with Crippen LogP contribution in [0.15, 0.2) is 48.5 Å². The first-order chi connectivity index (χ1) is 14.6. The average Bonchev–Trinajstić information content (AvgIpc) is 2.69. The van der Waals surface area contributed by atoms with Gasteiger partial charge in [-0.25, -0.2) is 0 Å². The Balaban J connectivity index is 0.000000484. The van der Waals surface area contributed by atoms with Crippen molar-refractivity contribution < 1.29 is 19.4 Å². The van der Waals surface area contributed by atoms with E-state index >= 15 is 0 Å². The molecule has 0 spiro atoms. The molecule has 0 aliphatic carbocycles. The minimum absolute atomic E-state index is 0.0139. The van der Waals surface area contributed by atoms with Crippen molar-refractivity contribution in [2.75, 3.05) is 11.9 Å². The van der Waals surface area contributed by atoms with Gasteiger partial charge in [-0.3, -0.25) is 9.59 Å². The van der Waals surface area contributed by atoms with E-state index in [-0.39, 0.29) is 17.3 Å². The molecule has 1 N–H and O–H groups in total. The molecule has 5 heteroatoms. The molecule has 0 atom stereocenters. The van der Waals surface area contributed by atoms with Crippen LogP contribution in [0.25, 0.3) is 0 Å². The third-order valence-electron chi connectivity index (χ3n) is 4.19. The SMILES string of the molecule is CC(=O)c1ccc(O)cc1.CC(=O)c1ccc(OCCC(C)C)cc1.CC(C)CCBr. The summed E-state index contributed by atoms with van der Waals surface area (Å²) in [6, 6.07) is 13.5. The van der Waals surface area contributed by atoms with Crippen LogP contribution >= 0.6 is 15.9 Å². The van der Waals surface area contributed by atoms with E-state index in [1.54, 1.807) is 31.2 Å². The Morgan fingerprint density at radius 1 is 0.806 bits per heavy atom. The lowest BCUT2D eigenvalue weighted by Crippen LogP contribution is -2.01. The fraction of sp³-hybridized carbons (Fsp3) is 0.462. The number of ketones is 2. The normalized spacial score (nSPS) is 9.97. The summed E-state index contributed by atoms with van der Waals surface area (Å²) in [6.07, 6.45) is 2.34. The van der Waals surface area contributed by atoms with Crippen LogP contribution in [0, 0.1) is 11.8 Å². The maximum absolute atomic E-state index is 11.0. The molecule has 2 aromatic rings. The molecule has 0 amide bonds. The number of phenolic OH excluding ortho intramolecular Hbond substituents is 1. The van der Waals surface area contributed by atoms with E-state index in [0.29, 0.717) is 11.5 Å². The van der Waals surface area contributed by atoms with Crippen molar-refractivity contribution in [2.24, 2.45) is 11.8 Å². The molecule has 0 heterocycles. The molecule has 0 saturated carbocycles. The zero-order chi connectivity index (χ0) is 23.8. The zero-order valence-corrected chi connectivity index (χ0v) is 21.2. The van der Waals surface area contributed by atoms with Gasteiger partial charge in [0.1, 0.15) is 11.5 Å². The monoisotopic (exact) mass is 492 g/mol. The highest BCUT2D eigenvalue weighted by molar-refractivity contribution is 9.09. The number of Topliss-reactive ketones (excluding diaryl/α,β-unsaturated/α-hetero) is 2. The maximum atomic E-state index is 11.0. The molecule has 2 aromatic carbocycles. The van der Waals surface area contributed by atoms with Crippen molar-refractivity contribution >= 4 is 27.5 Å². The van der Waals surface area contributed by atoms with Gasteiger partial charge in [-0.1, -0.05) is 43.6 Å². The summed E-state index contributed by atoms with van der Waals surface area (Å²) < 4.78 is 5.54. The number of aromatic hydroxyl groups is 1. The maximum Gasteiger partial charge on any atom is 0.159 e. The van der Waals surface area contributed by atoms with Crippen LogP contribution in [-0.4, -0.2) is 28.6 Å². The van der Waals surface area contributed by atoms with Crippen LogP contribution in [0.5, 0.6) is 11.5 Å². The number of ether oxygens (including phenoxy) is 1. The van der Waals surface area contributed by atoms with Gasteiger partial charge in [0.25, 0.3) is 0 Å². The molecule has 172 valence electrons. The third kappa shape index (κ3) is 15.3. The second-order valence-electron chi connectivity index (χ2n) is 8.09. The van der Waals surface area contributed by atoms with Crippen molar-refractivity contribution in [2.45, 2.75) is 54.4 Å². The highest BCUT2D eigenvalue weighted by Gasteiger charge is 2.00. The first-order valence-electron chi connectivity index (χ1n) is 10.7. The molecule has 0 aliphatic rings. The highest BCUT2D eigenvalue weighted by Crippen LogP contribution is 2.13. The summed E-state index contributed by atoms with van der Waals surface area (Å²) in [4.78, 5) is 21.7. The number of alkyl halides is 1. The number of carbonyl (C=O) groups is 2. The number of rotatable bonds is 8. The number of carbonyl (C=O) groups excluding carboxylic acids is 2. The Hall–Kier alpha value is -2.14. The second kappa shape index (κ2) is 16.5. The Labute approximate surface area is 196 Å². The van der Waals surface area contributed by atoms with Gasteiger partial charge < -0.3 is 9.84 Å². The minimum Gasteiger partial charge on any atom is -0.508 e. The van der Waals surface area contributed by atoms with E-state index in [9.17, 15) is 9.59 Å². The summed E-state index contributed by atoms with van der Waals surface area (Å²) in [6.45, 7) is 12.6. The standard InChI is InChI=1S/C13H18O2.C8H8O2.C5H11Br/c1-10(2)8-9-15-13-6-4-12(5-7-13)11(3)14;1-6(9)7-2-4-8(10)5-3-7;1-5(2)3-4-6/h4-7,10H,8-9H2,1-3H3;2-5,10H,1H3;5H,3-4H2,1-2H3. The number of phenols is 1. The number of benzene rings is 2. The van der Waals surface area contributed by atoms with Gasteiger partial charge >= 0.3 is 0 Å². The summed E-state index contributed by atoms with van der Waals surface area (Å²) in [5.41, 5.74) is 1.35. The molecule has 0 saturated heterocycles. The predicted molar refractivity (Wildman–Crippen MR) is 133 cm³/mol. The summed E-state index contributed by atoms with van der Waals surface area (Å²) in [5, 5.41) is 9.97. The molecule has 0 unspecified atom stereocenters. The Morgan fingerprint density at radius 3 is 1.55 bits per heavy atom. The molecule has 0 bridgehead atoms. The van der Waals surface area contributed by atoms with Crippen LogP contribution in [0.3, 0.4) is 0 Å². The molecule has 4 nitrogen and oxygen atoms in total. The second-order valence-corrected chi connectivity index (χ2v) is 8.88. The number of hydrogen-bond donors (Lipinski definition) is 1. The molecule has 0 aromatic heterocycles. The molecular weight excluding hydrogens is 456 g/mol. The Bertz CT molecular complexity index is 750. The van der Waals surface area contributed by atoms with Crippen molar-refractivity contribution in [1.82, 2.24) is 0 Å².